The molecule has 0 bridgehead atoms. The van der Waals surface area contributed by atoms with Crippen LogP contribution in [0.4, 0.5) is 22.7 Å². The summed E-state index contributed by atoms with van der Waals surface area (Å²) in [7, 11) is 0. The van der Waals surface area contributed by atoms with Crippen LogP contribution in [0.3, 0.4) is 0 Å². The zero-order chi connectivity index (χ0) is 91.1. The summed E-state index contributed by atoms with van der Waals surface area (Å²) in [5, 5.41) is 27.9. The van der Waals surface area contributed by atoms with Gasteiger partial charge in [-0.05, 0) is 197 Å². The van der Waals surface area contributed by atoms with Gasteiger partial charge in [0.05, 0.1) is 164 Å². The van der Waals surface area contributed by atoms with Gasteiger partial charge in [-0.3, -0.25) is 71.4 Å². The molecule has 16 aromatic heterocycles. The average Bonchev–Trinajstić information content (AvgIpc) is 1.68. The molecule has 24 rings (SSSR count). The lowest BCUT2D eigenvalue weighted by atomic mass is 9.91. The molecule has 8 fully saturated rings. The second-order valence-corrected chi connectivity index (χ2v) is 37.0. The zero-order valence-electron chi connectivity index (χ0n) is 77.1. The van der Waals surface area contributed by atoms with Gasteiger partial charge in [-0.2, -0.15) is 20.4 Å². The Kier molecular flexibility index (Phi) is 23.5. The number of rotatable bonds is 15. The first-order valence-corrected chi connectivity index (χ1v) is 47.4. The summed E-state index contributed by atoms with van der Waals surface area (Å²) in [6, 6.07) is 32.8. The van der Waals surface area contributed by atoms with Gasteiger partial charge in [0.2, 0.25) is 0 Å². The number of piperidine rings is 2. The molecule has 16 aromatic rings. The molecule has 34 nitrogen and oxygen atoms in total. The van der Waals surface area contributed by atoms with E-state index in [-0.39, 0.29) is 28.8 Å². The van der Waals surface area contributed by atoms with E-state index in [0.29, 0.717) is 98.1 Å². The number of aryl methyl sites for hydroxylation is 8. The molecule has 1 aliphatic carbocycles. The fraction of sp³-hybridized carbons (Fsp3) is 0.434. The lowest BCUT2D eigenvalue weighted by Crippen LogP contribution is -2.56. The number of β-amino-alcohol motifs (C(OH)–C–C–N with tert-alkyl or cyclic N) is 1. The van der Waals surface area contributed by atoms with Crippen molar-refractivity contribution in [1.29, 1.82) is 0 Å². The van der Waals surface area contributed by atoms with Gasteiger partial charge in [-0.15, -0.1) is 0 Å². The third-order valence-corrected chi connectivity index (χ3v) is 28.6. The van der Waals surface area contributed by atoms with Crippen LogP contribution >= 0.6 is 0 Å². The molecule has 0 aromatic carbocycles. The van der Waals surface area contributed by atoms with Crippen LogP contribution in [0, 0.1) is 53.4 Å². The first-order chi connectivity index (χ1) is 64.7. The van der Waals surface area contributed by atoms with Gasteiger partial charge in [-0.25, -0.2) is 38.0 Å². The second-order valence-electron chi connectivity index (χ2n) is 37.0. The molecule has 7 saturated heterocycles. The predicted octanol–water partition coefficient (Wildman–Crippen LogP) is 9.60. The van der Waals surface area contributed by atoms with Crippen molar-refractivity contribution in [2.75, 3.05) is 144 Å². The second kappa shape index (κ2) is 36.1. The van der Waals surface area contributed by atoms with Gasteiger partial charge in [0.25, 0.3) is 22.2 Å². The summed E-state index contributed by atoms with van der Waals surface area (Å²) in [6.07, 6.45) is 25.7. The summed E-state index contributed by atoms with van der Waals surface area (Å²) in [5.74, 6) is 1.31. The lowest BCUT2D eigenvalue weighted by Gasteiger charge is -2.43. The van der Waals surface area contributed by atoms with Crippen LogP contribution in [0.25, 0.3) is 90.2 Å². The number of pyridine rings is 4. The Balaban J connectivity index is 0.000000107. The molecule has 0 radical (unpaired) electrons. The fourth-order valence-electron chi connectivity index (χ4n) is 21.3. The molecule has 0 spiro atoms. The van der Waals surface area contributed by atoms with Crippen molar-refractivity contribution in [2.24, 2.45) is 11.8 Å². The minimum Gasteiger partial charge on any atom is -0.395 e. The molecule has 133 heavy (non-hydrogen) atoms. The quantitative estimate of drug-likeness (QED) is 0.0998. The number of fused-ring (bicyclic) bond motifs is 10. The largest absolute Gasteiger partial charge is 0.395 e. The van der Waals surface area contributed by atoms with Crippen molar-refractivity contribution in [3.63, 3.8) is 0 Å². The monoisotopic (exact) mass is 1790 g/mol. The van der Waals surface area contributed by atoms with E-state index in [2.05, 4.69) is 125 Å². The zero-order valence-corrected chi connectivity index (χ0v) is 77.1. The highest BCUT2D eigenvalue weighted by Crippen LogP contribution is 2.37. The Bertz CT molecular complexity index is 7170. The van der Waals surface area contributed by atoms with E-state index >= 15 is 0 Å². The van der Waals surface area contributed by atoms with E-state index in [1.54, 1.807) is 46.4 Å². The molecule has 686 valence electrons. The molecule has 1 N–H and O–H groups in total. The van der Waals surface area contributed by atoms with E-state index in [0.717, 1.165) is 233 Å². The molecule has 23 heterocycles. The van der Waals surface area contributed by atoms with Crippen molar-refractivity contribution in [3.05, 3.63) is 234 Å². The first kappa shape index (κ1) is 86.6. The molecule has 0 amide bonds. The number of anilines is 4. The van der Waals surface area contributed by atoms with E-state index in [4.69, 9.17) is 24.7 Å². The van der Waals surface area contributed by atoms with E-state index in [9.17, 15) is 24.3 Å². The fourth-order valence-corrected chi connectivity index (χ4v) is 21.3. The van der Waals surface area contributed by atoms with Crippen LogP contribution < -0.4 is 41.8 Å². The molecule has 4 unspecified atom stereocenters. The topological polar surface area (TPSA) is 314 Å². The maximum Gasteiger partial charge on any atom is 0.258 e. The van der Waals surface area contributed by atoms with Gasteiger partial charge in [0.1, 0.15) is 45.4 Å². The van der Waals surface area contributed by atoms with Crippen LogP contribution in [-0.4, -0.2) is 269 Å². The van der Waals surface area contributed by atoms with Crippen LogP contribution in [-0.2, 0) is 17.6 Å². The van der Waals surface area contributed by atoms with Gasteiger partial charge in [0.15, 0.2) is 0 Å². The lowest BCUT2D eigenvalue weighted by molar-refractivity contribution is -0.0660. The summed E-state index contributed by atoms with van der Waals surface area (Å²) in [6.45, 7) is 36.3. The molecule has 4 atom stereocenters. The molecule has 34 heteroatoms. The van der Waals surface area contributed by atoms with Crippen molar-refractivity contribution in [3.8, 4) is 45.6 Å². The number of ether oxygens (including phenoxy) is 1. The Morgan fingerprint density at radius 3 is 1.04 bits per heavy atom. The number of likely N-dealkylation sites (tertiary alicyclic amines) is 2. The number of hydrogen-bond donors (Lipinski definition) is 1. The molecular formula is C99H114N28O6. The van der Waals surface area contributed by atoms with Gasteiger partial charge in [-0.1, -0.05) is 27.2 Å². The number of aliphatic hydroxyl groups is 1. The first-order valence-electron chi connectivity index (χ1n) is 47.4. The minimum absolute atomic E-state index is 0.0900. The van der Waals surface area contributed by atoms with Gasteiger partial charge >= 0.3 is 0 Å². The molecule has 1 saturated carbocycles. The van der Waals surface area contributed by atoms with Crippen molar-refractivity contribution in [1.82, 2.24) is 116 Å². The highest BCUT2D eigenvalue weighted by molar-refractivity contribution is 5.71. The Labute approximate surface area is 768 Å². The maximum absolute atomic E-state index is 13.1. The normalized spacial score (nSPS) is 19.4. The van der Waals surface area contributed by atoms with Crippen LogP contribution in [0.15, 0.2) is 166 Å². The van der Waals surface area contributed by atoms with E-state index in [1.807, 2.05) is 153 Å². The predicted molar refractivity (Wildman–Crippen MR) is 514 cm³/mol. The third kappa shape index (κ3) is 17.1. The SMILES string of the molecule is CCN1CCC2CN(c3ccc4nc(-c5cc6c(C)nc(C)cn6n5)cc(=O)n4c3)CCC21.CCc1nc(C)cn2nc(-c3cc(=O)n4cc(N5CCN(C6CCC6)CC5)ccc4n3)cc12.CCc1nc(C)cn2nc(-c3cc(=O)n4cc(N5CCN(C6COC6)CC5)ccc4n3)cc12.Cc1cn2nc(-c3cc(=O)n4cc(N5CCC6C(CCN6CCO)C5)ccc4n3)cc2c(C)n1. The summed E-state index contributed by atoms with van der Waals surface area (Å²) in [5.41, 5.74) is 22.5. The van der Waals surface area contributed by atoms with Crippen LogP contribution in [0.1, 0.15) is 111 Å². The summed E-state index contributed by atoms with van der Waals surface area (Å²) >= 11 is 0. The van der Waals surface area contributed by atoms with E-state index < -0.39 is 0 Å². The highest BCUT2D eigenvalue weighted by Gasteiger charge is 2.40. The van der Waals surface area contributed by atoms with Crippen LogP contribution in [0.5, 0.6) is 0 Å². The number of aliphatic hydroxyl groups excluding tert-OH is 1. The highest BCUT2D eigenvalue weighted by atomic mass is 16.5. The van der Waals surface area contributed by atoms with Gasteiger partial charge in [0, 0.05) is 152 Å². The number of hydrogen-bond acceptors (Lipinski definition) is 26. The Morgan fingerprint density at radius 2 is 0.692 bits per heavy atom. The molecule has 7 aliphatic heterocycles. The van der Waals surface area contributed by atoms with Crippen LogP contribution in [0.2, 0.25) is 0 Å². The molecular weight excluding hydrogens is 1680 g/mol. The summed E-state index contributed by atoms with van der Waals surface area (Å²) < 4.78 is 19.2. The number of piperazine rings is 2. The third-order valence-electron chi connectivity index (χ3n) is 28.6. The maximum atomic E-state index is 13.1. The van der Waals surface area contributed by atoms with Crippen molar-refractivity contribution in [2.45, 2.75) is 144 Å². The Hall–Kier alpha value is -13.1. The molecule has 8 aliphatic rings. The van der Waals surface area contributed by atoms with Crippen molar-refractivity contribution >= 4 is 67.4 Å². The van der Waals surface area contributed by atoms with Gasteiger partial charge < -0.3 is 34.3 Å². The average molecular weight is 1790 g/mol. The summed E-state index contributed by atoms with van der Waals surface area (Å²) in [4.78, 5) is 109. The van der Waals surface area contributed by atoms with Crippen molar-refractivity contribution < 1.29 is 9.84 Å². The standard InChI is InChI=1S/C25H29N7O2.2C25H29N7O.C24H27N7O2/c1-16-13-32-23(17(2)26-16)11-21(28-32)20-12-25(34)31-15-19(3-4-24(31)27-20)30-8-6-22-18(14-30)5-7-29(22)9-10-33;1-4-29-9-7-18-14-30(10-8-22(18)29)19-5-6-24-27-20(12-25(33)31(24)15-19)21-11-23-17(3)26-16(2)13-32(23)28-21;1-3-20-23-13-22(28-32(23)15-17(2)26-20)21-14-25(33)31-16-19(7-8-24(31)27-21)30-11-9-29(10-12-30)18-5-4-6-18;1-3-19-22-10-21(27-31(22)12-16(2)25-19)20-11-24(32)30-13-17(4-5-23(30)26-20)28-6-8-29(9-7-28)18-14-33-15-18/h3-4,11-13,15,18,22,33H,5-10,14H2,1-2H3;5-6,11-13,15,18,22H,4,7-10,14H2,1-3H3;7-8,13-16,18H,3-6,9-12H2,1-2H3;4-5,10-13,18H,3,6-9,14-15H2,1-2H3. The Morgan fingerprint density at radius 1 is 0.346 bits per heavy atom. The smallest absolute Gasteiger partial charge is 0.258 e. The minimum atomic E-state index is -0.116. The number of nitrogens with zero attached hydrogens (tertiary/aromatic N) is 28. The number of aromatic nitrogens is 20. The van der Waals surface area contributed by atoms with E-state index in [1.165, 1.54) is 38.6 Å².